The Morgan fingerprint density at radius 1 is 1.29 bits per heavy atom. The second kappa shape index (κ2) is 7.86. The van der Waals surface area contributed by atoms with Crippen LogP contribution in [-0.4, -0.2) is 28.5 Å². The zero-order valence-electron chi connectivity index (χ0n) is 14.4. The molecule has 24 heavy (non-hydrogen) atoms. The molecular weight excluding hydrogens is 308 g/mol. The molecule has 1 atom stereocenters. The van der Waals surface area contributed by atoms with Gasteiger partial charge in [-0.1, -0.05) is 37.2 Å². The molecule has 128 valence electrons. The van der Waals surface area contributed by atoms with Gasteiger partial charge in [-0.15, -0.1) is 0 Å². The molecule has 2 rings (SSSR count). The summed E-state index contributed by atoms with van der Waals surface area (Å²) in [6.07, 6.45) is 0.292. The zero-order chi connectivity index (χ0) is 17.7. The van der Waals surface area contributed by atoms with E-state index in [2.05, 4.69) is 10.1 Å². The first-order valence-electron chi connectivity index (χ1n) is 8.02. The van der Waals surface area contributed by atoms with Gasteiger partial charge in [0, 0.05) is 18.4 Å². The van der Waals surface area contributed by atoms with Crippen LogP contribution >= 0.6 is 0 Å². The fraction of sp³-hybridized carbons (Fsp3) is 0.444. The van der Waals surface area contributed by atoms with Crippen molar-refractivity contribution in [3.05, 3.63) is 35.7 Å². The van der Waals surface area contributed by atoms with Crippen molar-refractivity contribution in [2.75, 3.05) is 6.61 Å². The average Bonchev–Trinajstić information content (AvgIpc) is 2.99. The van der Waals surface area contributed by atoms with Crippen LogP contribution < -0.4 is 0 Å². The maximum Gasteiger partial charge on any atom is 0.316 e. The lowest BCUT2D eigenvalue weighted by molar-refractivity contribution is -0.152. The Hall–Kier alpha value is -2.50. The molecule has 1 aromatic carbocycles. The first-order valence-corrected chi connectivity index (χ1v) is 8.02. The van der Waals surface area contributed by atoms with Crippen LogP contribution in [0.2, 0.25) is 0 Å². The van der Waals surface area contributed by atoms with Crippen LogP contribution in [0.1, 0.15) is 32.2 Å². The molecule has 0 aliphatic carbocycles. The SMILES string of the molecule is CCOC(=O)C(Cc1cccc(-c2noc(C)n2)c1)C(=O)C(C)C. The molecule has 2 aromatic rings. The van der Waals surface area contributed by atoms with Gasteiger partial charge in [0.05, 0.1) is 6.61 Å². The van der Waals surface area contributed by atoms with Gasteiger partial charge in [-0.25, -0.2) is 0 Å². The van der Waals surface area contributed by atoms with E-state index in [4.69, 9.17) is 9.26 Å². The third kappa shape index (κ3) is 4.28. The highest BCUT2D eigenvalue weighted by Gasteiger charge is 2.30. The molecular formula is C18H22N2O4. The zero-order valence-corrected chi connectivity index (χ0v) is 14.4. The largest absolute Gasteiger partial charge is 0.465 e. The van der Waals surface area contributed by atoms with E-state index in [0.29, 0.717) is 18.1 Å². The number of Topliss-reactive ketones (excluding diaryl/α,β-unsaturated/α-hetero) is 1. The molecule has 0 bridgehead atoms. The molecule has 0 radical (unpaired) electrons. The topological polar surface area (TPSA) is 82.3 Å². The maximum absolute atomic E-state index is 12.4. The number of carbonyl (C=O) groups excluding carboxylic acids is 2. The molecule has 0 spiro atoms. The van der Waals surface area contributed by atoms with Crippen molar-refractivity contribution in [2.24, 2.45) is 11.8 Å². The van der Waals surface area contributed by atoms with E-state index >= 15 is 0 Å². The summed E-state index contributed by atoms with van der Waals surface area (Å²) in [6.45, 7) is 7.27. The van der Waals surface area contributed by atoms with Gasteiger partial charge in [-0.05, 0) is 25.0 Å². The minimum Gasteiger partial charge on any atom is -0.465 e. The van der Waals surface area contributed by atoms with Gasteiger partial charge in [-0.3, -0.25) is 9.59 Å². The third-order valence-electron chi connectivity index (χ3n) is 3.64. The summed E-state index contributed by atoms with van der Waals surface area (Å²) in [5.41, 5.74) is 1.63. The van der Waals surface area contributed by atoms with Crippen molar-refractivity contribution in [1.82, 2.24) is 10.1 Å². The number of aryl methyl sites for hydroxylation is 1. The molecule has 0 fully saturated rings. The molecule has 6 nitrogen and oxygen atoms in total. The van der Waals surface area contributed by atoms with Gasteiger partial charge in [0.2, 0.25) is 11.7 Å². The van der Waals surface area contributed by atoms with Gasteiger partial charge in [0.1, 0.15) is 11.7 Å². The monoisotopic (exact) mass is 330 g/mol. The highest BCUT2D eigenvalue weighted by molar-refractivity contribution is 6.00. The lowest BCUT2D eigenvalue weighted by atomic mass is 9.89. The standard InChI is InChI=1S/C18H22N2O4/c1-5-23-18(22)15(16(21)11(2)3)10-13-7-6-8-14(9-13)17-19-12(4)24-20-17/h6-9,11,15H,5,10H2,1-4H3. The molecule has 0 amide bonds. The molecule has 1 heterocycles. The summed E-state index contributed by atoms with van der Waals surface area (Å²) < 4.78 is 10.1. The van der Waals surface area contributed by atoms with Crippen molar-refractivity contribution in [1.29, 1.82) is 0 Å². The van der Waals surface area contributed by atoms with Crippen molar-refractivity contribution < 1.29 is 18.8 Å². The van der Waals surface area contributed by atoms with Crippen LogP contribution in [0.25, 0.3) is 11.4 Å². The number of ether oxygens (including phenoxy) is 1. The first-order chi connectivity index (χ1) is 11.4. The fourth-order valence-electron chi connectivity index (χ4n) is 2.43. The summed E-state index contributed by atoms with van der Waals surface area (Å²) in [5, 5.41) is 3.89. The van der Waals surface area contributed by atoms with Crippen LogP contribution in [0, 0.1) is 18.8 Å². The van der Waals surface area contributed by atoms with E-state index in [1.807, 2.05) is 24.3 Å². The van der Waals surface area contributed by atoms with Crippen molar-refractivity contribution in [2.45, 2.75) is 34.1 Å². The van der Waals surface area contributed by atoms with E-state index in [0.717, 1.165) is 11.1 Å². The quantitative estimate of drug-likeness (QED) is 0.573. The summed E-state index contributed by atoms with van der Waals surface area (Å²) in [6, 6.07) is 7.44. The average molecular weight is 330 g/mol. The Bertz CT molecular complexity index is 721. The lowest BCUT2D eigenvalue weighted by Crippen LogP contribution is -2.31. The Labute approximate surface area is 141 Å². The van der Waals surface area contributed by atoms with E-state index in [-0.39, 0.29) is 18.3 Å². The molecule has 0 aliphatic rings. The number of rotatable bonds is 7. The van der Waals surface area contributed by atoms with E-state index < -0.39 is 11.9 Å². The Morgan fingerprint density at radius 2 is 2.04 bits per heavy atom. The van der Waals surface area contributed by atoms with E-state index in [1.54, 1.807) is 27.7 Å². The normalized spacial score (nSPS) is 12.2. The summed E-state index contributed by atoms with van der Waals surface area (Å²) in [5.74, 6) is -0.659. The van der Waals surface area contributed by atoms with E-state index in [1.165, 1.54) is 0 Å². The van der Waals surface area contributed by atoms with Gasteiger partial charge >= 0.3 is 5.97 Å². The highest BCUT2D eigenvalue weighted by atomic mass is 16.5. The maximum atomic E-state index is 12.4. The minimum absolute atomic E-state index is 0.116. The summed E-state index contributed by atoms with van der Waals surface area (Å²) in [7, 11) is 0. The van der Waals surface area contributed by atoms with Crippen molar-refractivity contribution >= 4 is 11.8 Å². The Kier molecular flexibility index (Phi) is 5.84. The first kappa shape index (κ1) is 17.8. The predicted octanol–water partition coefficient (Wildman–Crippen LogP) is 2.99. The van der Waals surface area contributed by atoms with Gasteiger partial charge < -0.3 is 9.26 Å². The number of aromatic nitrogens is 2. The lowest BCUT2D eigenvalue weighted by Gasteiger charge is -2.17. The second-order valence-electron chi connectivity index (χ2n) is 5.90. The summed E-state index contributed by atoms with van der Waals surface area (Å²) in [4.78, 5) is 28.7. The molecule has 1 unspecified atom stereocenters. The van der Waals surface area contributed by atoms with Gasteiger partial charge in [0.25, 0.3) is 0 Å². The molecule has 0 aliphatic heterocycles. The van der Waals surface area contributed by atoms with E-state index in [9.17, 15) is 9.59 Å². The van der Waals surface area contributed by atoms with Crippen LogP contribution in [0.5, 0.6) is 0 Å². The fourth-order valence-corrected chi connectivity index (χ4v) is 2.43. The van der Waals surface area contributed by atoms with Crippen LogP contribution in [0.15, 0.2) is 28.8 Å². The van der Waals surface area contributed by atoms with Crippen molar-refractivity contribution in [3.8, 4) is 11.4 Å². The molecule has 0 saturated heterocycles. The third-order valence-corrected chi connectivity index (χ3v) is 3.64. The number of hydrogen-bond acceptors (Lipinski definition) is 6. The van der Waals surface area contributed by atoms with Crippen LogP contribution in [0.4, 0.5) is 0 Å². The molecule has 0 N–H and O–H groups in total. The number of ketones is 1. The minimum atomic E-state index is -0.799. The van der Waals surface area contributed by atoms with Gasteiger partial charge in [0.15, 0.2) is 0 Å². The number of benzene rings is 1. The number of esters is 1. The van der Waals surface area contributed by atoms with Gasteiger partial charge in [-0.2, -0.15) is 4.98 Å². The number of carbonyl (C=O) groups is 2. The molecule has 0 saturated carbocycles. The Balaban J connectivity index is 2.25. The highest BCUT2D eigenvalue weighted by Crippen LogP contribution is 2.21. The molecule has 6 heteroatoms. The summed E-state index contributed by atoms with van der Waals surface area (Å²) >= 11 is 0. The predicted molar refractivity (Wildman–Crippen MR) is 88.1 cm³/mol. The Morgan fingerprint density at radius 3 is 2.62 bits per heavy atom. The number of hydrogen-bond donors (Lipinski definition) is 0. The molecule has 1 aromatic heterocycles. The van der Waals surface area contributed by atoms with Crippen LogP contribution in [0.3, 0.4) is 0 Å². The smallest absolute Gasteiger partial charge is 0.316 e. The van der Waals surface area contributed by atoms with Crippen LogP contribution in [-0.2, 0) is 20.7 Å². The number of nitrogens with zero attached hydrogens (tertiary/aromatic N) is 2. The second-order valence-corrected chi connectivity index (χ2v) is 5.90. The van der Waals surface area contributed by atoms with Crippen molar-refractivity contribution in [3.63, 3.8) is 0 Å².